The molecular formula is C26H23N5O2. The number of anilines is 2. The van der Waals surface area contributed by atoms with Crippen LogP contribution in [0.1, 0.15) is 25.3 Å². The Morgan fingerprint density at radius 1 is 0.667 bits per heavy atom. The Labute approximate surface area is 192 Å². The topological polar surface area (TPSA) is 78.2 Å². The minimum absolute atomic E-state index is 0.153. The summed E-state index contributed by atoms with van der Waals surface area (Å²) in [6.45, 7) is 3.70. The lowest BCUT2D eigenvalue weighted by Crippen LogP contribution is -2.40. The number of para-hydroxylation sites is 2. The normalized spacial score (nSPS) is 21.3. The monoisotopic (exact) mass is 437 g/mol. The molecule has 0 saturated heterocycles. The summed E-state index contributed by atoms with van der Waals surface area (Å²) in [6, 6.07) is 22.4. The number of hydrazone groups is 2. The second kappa shape index (κ2) is 8.43. The highest BCUT2D eigenvalue weighted by Crippen LogP contribution is 2.42. The summed E-state index contributed by atoms with van der Waals surface area (Å²) in [5.41, 5.74) is 3.60. The van der Waals surface area contributed by atoms with Crippen LogP contribution in [0.15, 0.2) is 95.4 Å². The van der Waals surface area contributed by atoms with Gasteiger partial charge in [0.15, 0.2) is 0 Å². The second-order valence-corrected chi connectivity index (χ2v) is 8.22. The minimum Gasteiger partial charge on any atom is -0.272 e. The molecule has 0 aliphatic carbocycles. The summed E-state index contributed by atoms with van der Waals surface area (Å²) in [5.74, 6) is -1.95. The number of pyridine rings is 1. The van der Waals surface area contributed by atoms with Crippen molar-refractivity contribution in [1.29, 1.82) is 0 Å². The second-order valence-electron chi connectivity index (χ2n) is 8.22. The third kappa shape index (κ3) is 3.61. The van der Waals surface area contributed by atoms with Crippen LogP contribution in [-0.2, 0) is 9.59 Å². The van der Waals surface area contributed by atoms with Gasteiger partial charge < -0.3 is 0 Å². The van der Waals surface area contributed by atoms with E-state index < -0.39 is 17.8 Å². The molecule has 0 fully saturated rings. The number of nitrogens with zero attached hydrogens (tertiary/aromatic N) is 5. The van der Waals surface area contributed by atoms with Crippen molar-refractivity contribution in [3.05, 3.63) is 90.8 Å². The predicted octanol–water partition coefficient (Wildman–Crippen LogP) is 4.24. The highest BCUT2D eigenvalue weighted by molar-refractivity contribution is 6.19. The number of hydrogen-bond acceptors (Lipinski definition) is 5. The fourth-order valence-electron chi connectivity index (χ4n) is 4.66. The molecule has 164 valence electrons. The molecule has 33 heavy (non-hydrogen) atoms. The molecule has 5 rings (SSSR count). The molecule has 1 aromatic heterocycles. The van der Waals surface area contributed by atoms with E-state index in [9.17, 15) is 9.59 Å². The van der Waals surface area contributed by atoms with Crippen LogP contribution in [0.3, 0.4) is 0 Å². The van der Waals surface area contributed by atoms with Crippen molar-refractivity contribution in [2.45, 2.75) is 19.8 Å². The van der Waals surface area contributed by atoms with Crippen LogP contribution in [0, 0.1) is 11.8 Å². The van der Waals surface area contributed by atoms with Crippen molar-refractivity contribution in [2.75, 3.05) is 10.0 Å². The van der Waals surface area contributed by atoms with E-state index in [-0.39, 0.29) is 11.8 Å². The van der Waals surface area contributed by atoms with E-state index in [2.05, 4.69) is 15.2 Å². The van der Waals surface area contributed by atoms with E-state index in [1.807, 2.05) is 86.6 Å². The molecule has 7 nitrogen and oxygen atoms in total. The summed E-state index contributed by atoms with van der Waals surface area (Å²) in [6.07, 6.45) is 3.37. The quantitative estimate of drug-likeness (QED) is 0.599. The largest absolute Gasteiger partial charge is 0.272 e. The number of carbonyl (C=O) groups is 2. The first kappa shape index (κ1) is 20.8. The van der Waals surface area contributed by atoms with Gasteiger partial charge in [0.2, 0.25) is 0 Å². The van der Waals surface area contributed by atoms with Crippen LogP contribution < -0.4 is 10.0 Å². The third-order valence-electron chi connectivity index (χ3n) is 6.18. The third-order valence-corrected chi connectivity index (χ3v) is 6.18. The standard InChI is InChI=1S/C26H23N5O2/c1-17-22(25(32)30(28-17)20-9-5-3-6-10-20)24(19-13-15-27-16-14-19)23-18(2)29-31(26(23)33)21-11-7-4-8-12-21/h3-16,22-24H,1-2H3. The molecule has 0 bridgehead atoms. The summed E-state index contributed by atoms with van der Waals surface area (Å²) in [4.78, 5) is 31.5. The van der Waals surface area contributed by atoms with Crippen molar-refractivity contribution in [1.82, 2.24) is 4.98 Å². The molecular weight excluding hydrogens is 414 g/mol. The number of benzene rings is 2. The Morgan fingerprint density at radius 2 is 1.09 bits per heavy atom. The summed E-state index contributed by atoms with van der Waals surface area (Å²) >= 11 is 0. The first-order valence-corrected chi connectivity index (χ1v) is 10.8. The fourth-order valence-corrected chi connectivity index (χ4v) is 4.66. The summed E-state index contributed by atoms with van der Waals surface area (Å²) in [5, 5.41) is 12.1. The number of aromatic nitrogens is 1. The van der Waals surface area contributed by atoms with Gasteiger partial charge in [-0.2, -0.15) is 10.2 Å². The fraction of sp³-hybridized carbons (Fsp3) is 0.192. The molecule has 0 saturated carbocycles. The van der Waals surface area contributed by atoms with Gasteiger partial charge in [-0.1, -0.05) is 36.4 Å². The van der Waals surface area contributed by atoms with E-state index in [4.69, 9.17) is 0 Å². The van der Waals surface area contributed by atoms with Gasteiger partial charge in [0.25, 0.3) is 11.8 Å². The maximum atomic E-state index is 13.7. The first-order valence-electron chi connectivity index (χ1n) is 10.8. The maximum Gasteiger partial charge on any atom is 0.256 e. The van der Waals surface area contributed by atoms with Crippen LogP contribution in [-0.4, -0.2) is 28.2 Å². The van der Waals surface area contributed by atoms with E-state index in [0.717, 1.165) is 5.56 Å². The maximum absolute atomic E-state index is 13.7. The molecule has 2 aliphatic heterocycles. The summed E-state index contributed by atoms with van der Waals surface area (Å²) < 4.78 is 0. The number of rotatable bonds is 5. The smallest absolute Gasteiger partial charge is 0.256 e. The van der Waals surface area contributed by atoms with Crippen LogP contribution in [0.2, 0.25) is 0 Å². The average Bonchev–Trinajstić information content (AvgIpc) is 3.31. The van der Waals surface area contributed by atoms with Crippen molar-refractivity contribution in [2.24, 2.45) is 22.0 Å². The van der Waals surface area contributed by atoms with Crippen LogP contribution in [0.4, 0.5) is 11.4 Å². The van der Waals surface area contributed by atoms with Crippen LogP contribution in [0.5, 0.6) is 0 Å². The lowest BCUT2D eigenvalue weighted by atomic mass is 9.73. The van der Waals surface area contributed by atoms with Crippen molar-refractivity contribution < 1.29 is 9.59 Å². The average molecular weight is 438 g/mol. The van der Waals surface area contributed by atoms with Gasteiger partial charge in [-0.25, -0.2) is 10.0 Å². The molecule has 0 spiro atoms. The Hall–Kier alpha value is -4.13. The first-order chi connectivity index (χ1) is 16.1. The molecule has 3 aromatic rings. The van der Waals surface area contributed by atoms with Gasteiger partial charge >= 0.3 is 0 Å². The number of hydrogen-bond donors (Lipinski definition) is 0. The highest BCUT2D eigenvalue weighted by atomic mass is 16.2. The molecule has 0 radical (unpaired) electrons. The minimum atomic E-state index is -0.595. The van der Waals surface area contributed by atoms with E-state index in [1.54, 1.807) is 12.4 Å². The Kier molecular flexibility index (Phi) is 5.30. The zero-order valence-electron chi connectivity index (χ0n) is 18.4. The molecule has 7 heteroatoms. The molecule has 2 unspecified atom stereocenters. The lowest BCUT2D eigenvalue weighted by molar-refractivity contribution is -0.122. The highest BCUT2D eigenvalue weighted by Gasteiger charge is 2.50. The molecule has 2 amide bonds. The van der Waals surface area contributed by atoms with Crippen LogP contribution >= 0.6 is 0 Å². The molecule has 3 heterocycles. The van der Waals surface area contributed by atoms with Gasteiger partial charge in [-0.3, -0.25) is 14.6 Å². The van der Waals surface area contributed by atoms with Crippen LogP contribution in [0.25, 0.3) is 0 Å². The van der Waals surface area contributed by atoms with Gasteiger partial charge in [-0.05, 0) is 55.8 Å². The van der Waals surface area contributed by atoms with Gasteiger partial charge in [-0.15, -0.1) is 0 Å². The van der Waals surface area contributed by atoms with Crippen molar-refractivity contribution >= 4 is 34.6 Å². The van der Waals surface area contributed by atoms with Gasteiger partial charge in [0.1, 0.15) is 0 Å². The molecule has 2 atom stereocenters. The SMILES string of the molecule is CC1=NN(c2ccccc2)C(=O)C1C(c1ccncc1)C1C(=O)N(c2ccccc2)N=C1C. The Morgan fingerprint density at radius 3 is 1.52 bits per heavy atom. The molecule has 0 N–H and O–H groups in total. The summed E-state index contributed by atoms with van der Waals surface area (Å²) in [7, 11) is 0. The van der Waals surface area contributed by atoms with Gasteiger partial charge in [0.05, 0.1) is 23.2 Å². The Balaban J connectivity index is 1.56. The Bertz CT molecular complexity index is 1160. The predicted molar refractivity (Wildman–Crippen MR) is 128 cm³/mol. The lowest BCUT2D eigenvalue weighted by Gasteiger charge is -2.28. The number of amides is 2. The zero-order chi connectivity index (χ0) is 22.9. The molecule has 2 aromatic carbocycles. The van der Waals surface area contributed by atoms with Crippen molar-refractivity contribution in [3.8, 4) is 0 Å². The van der Waals surface area contributed by atoms with Crippen molar-refractivity contribution in [3.63, 3.8) is 0 Å². The zero-order valence-corrected chi connectivity index (χ0v) is 18.4. The van der Waals surface area contributed by atoms with E-state index in [0.29, 0.717) is 22.8 Å². The van der Waals surface area contributed by atoms with E-state index >= 15 is 0 Å². The number of carbonyl (C=O) groups excluding carboxylic acids is 2. The van der Waals surface area contributed by atoms with Gasteiger partial charge in [0, 0.05) is 29.7 Å². The van der Waals surface area contributed by atoms with E-state index in [1.165, 1.54) is 10.0 Å². The molecule has 2 aliphatic rings.